The second kappa shape index (κ2) is 9.51. The number of carbonyl (C=O) groups excluding carboxylic acids is 1. The molecule has 1 aliphatic heterocycles. The smallest absolute Gasteiger partial charge is 0.258 e. The van der Waals surface area contributed by atoms with E-state index in [1.165, 1.54) is 17.3 Å². The lowest BCUT2D eigenvalue weighted by Crippen LogP contribution is -2.29. The number of anilines is 1. The van der Waals surface area contributed by atoms with Gasteiger partial charge in [0.1, 0.15) is 18.3 Å². The number of aryl methyl sites for hydroxylation is 1. The monoisotopic (exact) mass is 577 g/mol. The van der Waals surface area contributed by atoms with Crippen LogP contribution in [-0.2, 0) is 13.1 Å². The van der Waals surface area contributed by atoms with E-state index in [1.54, 1.807) is 36.8 Å². The van der Waals surface area contributed by atoms with E-state index in [4.69, 9.17) is 11.6 Å². The Morgan fingerprint density at radius 2 is 2.00 bits per heavy atom. The van der Waals surface area contributed by atoms with Crippen molar-refractivity contribution in [1.29, 1.82) is 0 Å². The van der Waals surface area contributed by atoms with Crippen molar-refractivity contribution in [2.24, 2.45) is 11.8 Å². The molecule has 4 aromatic heterocycles. The molecular weight excluding hydrogens is 556 g/mol. The normalized spacial score (nSPS) is 19.0. The number of halogens is 3. The van der Waals surface area contributed by atoms with Gasteiger partial charge in [0.05, 0.1) is 35.0 Å². The summed E-state index contributed by atoms with van der Waals surface area (Å²) in [5.41, 5.74) is 3.93. The molecule has 1 amide bonds. The lowest BCUT2D eigenvalue weighted by atomic mass is 10.1. The molecular formula is C26H22ClF2N11O. The first kappa shape index (κ1) is 25.4. The van der Waals surface area contributed by atoms with Gasteiger partial charge >= 0.3 is 0 Å². The molecule has 1 aromatic carbocycles. The van der Waals surface area contributed by atoms with Gasteiger partial charge in [-0.15, -0.1) is 5.10 Å². The van der Waals surface area contributed by atoms with Crippen LogP contribution in [0.2, 0.25) is 5.02 Å². The highest BCUT2D eigenvalue weighted by molar-refractivity contribution is 6.30. The summed E-state index contributed by atoms with van der Waals surface area (Å²) < 4.78 is 30.6. The Kier molecular flexibility index (Phi) is 5.89. The van der Waals surface area contributed by atoms with Crippen molar-refractivity contribution in [3.63, 3.8) is 0 Å². The molecule has 0 spiro atoms. The van der Waals surface area contributed by atoms with Crippen LogP contribution in [0.25, 0.3) is 16.7 Å². The third-order valence-corrected chi connectivity index (χ3v) is 7.99. The van der Waals surface area contributed by atoms with Gasteiger partial charge in [-0.3, -0.25) is 4.79 Å². The van der Waals surface area contributed by atoms with Crippen molar-refractivity contribution in [3.8, 4) is 5.69 Å². The van der Waals surface area contributed by atoms with Crippen LogP contribution in [-0.4, -0.2) is 69.6 Å². The van der Waals surface area contributed by atoms with E-state index in [0.717, 1.165) is 16.8 Å². The Bertz CT molecular complexity index is 1780. The number of alkyl halides is 2. The number of hydrogen-bond donors (Lipinski definition) is 1. The number of aromatic nitrogens is 9. The fourth-order valence-corrected chi connectivity index (χ4v) is 5.63. The number of fused-ring (bicyclic) bond motifs is 2. The first-order valence-corrected chi connectivity index (χ1v) is 13.2. The van der Waals surface area contributed by atoms with Crippen molar-refractivity contribution in [3.05, 3.63) is 76.9 Å². The first-order chi connectivity index (χ1) is 19.8. The maximum Gasteiger partial charge on any atom is 0.258 e. The van der Waals surface area contributed by atoms with Crippen LogP contribution in [0.1, 0.15) is 27.2 Å². The molecule has 1 saturated carbocycles. The van der Waals surface area contributed by atoms with Crippen molar-refractivity contribution < 1.29 is 13.6 Å². The number of hydrogen-bond acceptors (Lipinski definition) is 9. The van der Waals surface area contributed by atoms with Gasteiger partial charge in [-0.05, 0) is 41.1 Å². The second-order valence-electron chi connectivity index (χ2n) is 10.2. The summed E-state index contributed by atoms with van der Waals surface area (Å²) >= 11 is 6.21. The number of benzene rings is 1. The summed E-state index contributed by atoms with van der Waals surface area (Å²) in [5, 5.41) is 15.3. The molecule has 15 heteroatoms. The van der Waals surface area contributed by atoms with Crippen LogP contribution in [0.4, 0.5) is 14.7 Å². The van der Waals surface area contributed by atoms with E-state index >= 15 is 0 Å². The minimum absolute atomic E-state index is 0.174. The first-order valence-electron chi connectivity index (χ1n) is 12.8. The molecule has 1 aliphatic carbocycles. The van der Waals surface area contributed by atoms with Crippen molar-refractivity contribution >= 4 is 34.5 Å². The van der Waals surface area contributed by atoms with Crippen LogP contribution in [0.3, 0.4) is 0 Å². The molecule has 41 heavy (non-hydrogen) atoms. The van der Waals surface area contributed by atoms with Crippen LogP contribution < -0.4 is 10.2 Å². The topological polar surface area (TPSA) is 132 Å². The summed E-state index contributed by atoms with van der Waals surface area (Å²) in [6.45, 7) is 2.91. The number of amides is 1. The molecule has 0 radical (unpaired) electrons. The third-order valence-electron chi connectivity index (χ3n) is 7.75. The molecule has 208 valence electrons. The van der Waals surface area contributed by atoms with E-state index < -0.39 is 17.8 Å². The molecule has 2 atom stereocenters. The van der Waals surface area contributed by atoms with Gasteiger partial charge in [0, 0.05) is 54.5 Å². The lowest BCUT2D eigenvalue weighted by Gasteiger charge is -2.20. The number of piperidine rings is 1. The Morgan fingerprint density at radius 1 is 1.17 bits per heavy atom. The predicted molar refractivity (Wildman–Crippen MR) is 143 cm³/mol. The molecule has 2 unspecified atom stereocenters. The van der Waals surface area contributed by atoms with Gasteiger partial charge in [0.2, 0.25) is 5.95 Å². The maximum atomic E-state index is 13.6. The SMILES string of the molecule is Cc1nc(N2CC3C(C2)C3(F)F)ncc1Cn1cc(C(=O)NCc2cc(Cl)ccc2-n2cnnn2)c2cncnc21. The summed E-state index contributed by atoms with van der Waals surface area (Å²) in [5.74, 6) is -3.63. The lowest BCUT2D eigenvalue weighted by molar-refractivity contribution is 0.0796. The Balaban J connectivity index is 1.11. The summed E-state index contributed by atoms with van der Waals surface area (Å²) in [7, 11) is 0. The second-order valence-corrected chi connectivity index (χ2v) is 10.7. The summed E-state index contributed by atoms with van der Waals surface area (Å²) in [6, 6.07) is 5.24. The van der Waals surface area contributed by atoms with Gasteiger partial charge in [-0.2, -0.15) is 0 Å². The molecule has 12 nitrogen and oxygen atoms in total. The number of tetrazole rings is 1. The Labute approximate surface area is 236 Å². The van der Waals surface area contributed by atoms with E-state index in [-0.39, 0.29) is 25.5 Å². The molecule has 1 N–H and O–H groups in total. The van der Waals surface area contributed by atoms with Gasteiger partial charge in [0.15, 0.2) is 0 Å². The molecule has 0 bridgehead atoms. The van der Waals surface area contributed by atoms with E-state index in [9.17, 15) is 13.6 Å². The van der Waals surface area contributed by atoms with E-state index in [1.807, 2.05) is 16.4 Å². The summed E-state index contributed by atoms with van der Waals surface area (Å²) in [4.78, 5) is 32.8. The molecule has 5 heterocycles. The van der Waals surface area contributed by atoms with Gasteiger partial charge in [-0.25, -0.2) is 33.4 Å². The predicted octanol–water partition coefficient (Wildman–Crippen LogP) is 2.84. The minimum atomic E-state index is -2.56. The maximum absolute atomic E-state index is 13.6. The molecule has 1 saturated heterocycles. The number of rotatable bonds is 7. The third kappa shape index (κ3) is 4.43. The Hall–Kier alpha value is -4.59. The number of nitrogens with one attached hydrogen (secondary N) is 1. The minimum Gasteiger partial charge on any atom is -0.348 e. The van der Waals surface area contributed by atoms with Crippen LogP contribution in [0.15, 0.2) is 49.4 Å². The highest BCUT2D eigenvalue weighted by Crippen LogP contribution is 2.59. The summed E-state index contributed by atoms with van der Waals surface area (Å²) in [6.07, 6.45) is 7.90. The molecule has 2 aliphatic rings. The molecule has 2 fully saturated rings. The number of carbonyl (C=O) groups is 1. The zero-order valence-corrected chi connectivity index (χ0v) is 22.4. The van der Waals surface area contributed by atoms with Crippen LogP contribution in [0.5, 0.6) is 0 Å². The highest BCUT2D eigenvalue weighted by Gasteiger charge is 2.72. The number of nitrogens with zero attached hydrogens (tertiary/aromatic N) is 10. The van der Waals surface area contributed by atoms with Crippen molar-refractivity contribution in [2.75, 3.05) is 18.0 Å². The largest absolute Gasteiger partial charge is 0.348 e. The zero-order valence-electron chi connectivity index (χ0n) is 21.6. The van der Waals surface area contributed by atoms with E-state index in [2.05, 4.69) is 40.8 Å². The Morgan fingerprint density at radius 3 is 2.76 bits per heavy atom. The average molecular weight is 578 g/mol. The van der Waals surface area contributed by atoms with E-state index in [0.29, 0.717) is 39.8 Å². The van der Waals surface area contributed by atoms with Gasteiger partial charge in [-0.1, -0.05) is 11.6 Å². The average Bonchev–Trinajstić information content (AvgIpc) is 3.55. The van der Waals surface area contributed by atoms with Crippen molar-refractivity contribution in [2.45, 2.75) is 25.9 Å². The highest BCUT2D eigenvalue weighted by atomic mass is 35.5. The molecule has 7 rings (SSSR count). The quantitative estimate of drug-likeness (QED) is 0.310. The zero-order chi connectivity index (χ0) is 28.3. The van der Waals surface area contributed by atoms with Gasteiger partial charge in [0.25, 0.3) is 11.8 Å². The van der Waals surface area contributed by atoms with Crippen LogP contribution in [0, 0.1) is 18.8 Å². The fraction of sp³-hybridized carbons (Fsp3) is 0.308. The standard InChI is InChI=1S/C26H22ClF2N11O/c1-14-16(6-32-25(35-14)39-10-20-21(11-39)26(20,28)29)8-38-9-19(18-7-30-12-33-23(18)38)24(41)31-5-15-4-17(27)2-3-22(15)40-13-34-36-37-40/h2-4,6-7,9,12-13,20-21H,5,8,10-11H2,1H3,(H,31,41). The molecule has 5 aromatic rings. The van der Waals surface area contributed by atoms with Gasteiger partial charge < -0.3 is 14.8 Å². The van der Waals surface area contributed by atoms with Crippen molar-refractivity contribution in [1.82, 2.24) is 50.0 Å². The van der Waals surface area contributed by atoms with Crippen LogP contribution >= 0.6 is 11.6 Å². The fourth-order valence-electron chi connectivity index (χ4n) is 5.43.